The number of sulfonamides is 1. The van der Waals surface area contributed by atoms with Crippen LogP contribution in [0.15, 0.2) is 48.5 Å². The molecule has 1 amide bonds. The largest absolute Gasteiger partial charge is 0.491 e. The molecule has 0 aromatic heterocycles. The van der Waals surface area contributed by atoms with E-state index < -0.39 is 10.0 Å². The molecule has 2 rings (SSSR count). The van der Waals surface area contributed by atoms with Gasteiger partial charge in [0.15, 0.2) is 0 Å². The standard InChI is InChI=1S/C22H30N2O4S/c1-17-9-8-10-18(15-17)24(29(5,26)27)16-21(25)23-13-14-28-20-12-7-6-11-19(20)22(2,3)4/h6-12,15H,13-14,16H2,1-5H3,(H,23,25). The maximum Gasteiger partial charge on any atom is 0.240 e. The molecule has 0 atom stereocenters. The second kappa shape index (κ2) is 9.31. The van der Waals surface area contributed by atoms with Gasteiger partial charge in [0.05, 0.1) is 18.5 Å². The second-order valence-corrected chi connectivity index (χ2v) is 9.96. The number of anilines is 1. The molecule has 6 nitrogen and oxygen atoms in total. The highest BCUT2D eigenvalue weighted by Gasteiger charge is 2.21. The highest BCUT2D eigenvalue weighted by atomic mass is 32.2. The quantitative estimate of drug-likeness (QED) is 0.668. The van der Waals surface area contributed by atoms with Gasteiger partial charge in [-0.05, 0) is 41.7 Å². The zero-order valence-corrected chi connectivity index (χ0v) is 18.5. The molecule has 0 aliphatic carbocycles. The first kappa shape index (κ1) is 22.7. The number of amides is 1. The molecule has 0 saturated heterocycles. The summed E-state index contributed by atoms with van der Waals surface area (Å²) in [6.45, 7) is 8.51. The third-order valence-electron chi connectivity index (χ3n) is 4.35. The number of hydrogen-bond donors (Lipinski definition) is 1. The maximum absolute atomic E-state index is 12.3. The summed E-state index contributed by atoms with van der Waals surface area (Å²) in [5.74, 6) is 0.399. The van der Waals surface area contributed by atoms with Gasteiger partial charge in [0.1, 0.15) is 18.9 Å². The smallest absolute Gasteiger partial charge is 0.240 e. The minimum Gasteiger partial charge on any atom is -0.491 e. The maximum atomic E-state index is 12.3. The summed E-state index contributed by atoms with van der Waals surface area (Å²) in [6.07, 6.45) is 1.09. The molecule has 0 heterocycles. The third kappa shape index (κ3) is 6.78. The fourth-order valence-corrected chi connectivity index (χ4v) is 3.78. The SMILES string of the molecule is Cc1cccc(N(CC(=O)NCCOc2ccccc2C(C)(C)C)S(C)(=O)=O)c1. The molecule has 0 aliphatic heterocycles. The highest BCUT2D eigenvalue weighted by Crippen LogP contribution is 2.30. The summed E-state index contributed by atoms with van der Waals surface area (Å²) in [7, 11) is -3.58. The molecular formula is C22H30N2O4S. The number of nitrogens with one attached hydrogen (secondary N) is 1. The molecule has 158 valence electrons. The van der Waals surface area contributed by atoms with Crippen LogP contribution in [0.4, 0.5) is 5.69 Å². The first-order chi connectivity index (χ1) is 13.5. The Morgan fingerprint density at radius 3 is 2.41 bits per heavy atom. The predicted molar refractivity (Wildman–Crippen MR) is 117 cm³/mol. The molecular weight excluding hydrogens is 388 g/mol. The summed E-state index contributed by atoms with van der Waals surface area (Å²) >= 11 is 0. The van der Waals surface area contributed by atoms with Crippen LogP contribution in [0.5, 0.6) is 5.75 Å². The number of hydrogen-bond acceptors (Lipinski definition) is 4. The van der Waals surface area contributed by atoms with E-state index in [4.69, 9.17) is 4.74 Å². The Labute approximate surface area is 173 Å². The summed E-state index contributed by atoms with van der Waals surface area (Å²) in [5.41, 5.74) is 2.43. The topological polar surface area (TPSA) is 75.7 Å². The van der Waals surface area contributed by atoms with Crippen molar-refractivity contribution in [1.29, 1.82) is 0 Å². The number of ether oxygens (including phenoxy) is 1. The first-order valence-corrected chi connectivity index (χ1v) is 11.4. The number of benzene rings is 2. The van der Waals surface area contributed by atoms with Gasteiger partial charge in [-0.3, -0.25) is 9.10 Å². The first-order valence-electron chi connectivity index (χ1n) is 9.52. The Balaban J connectivity index is 1.94. The van der Waals surface area contributed by atoms with Crippen molar-refractivity contribution in [2.75, 3.05) is 30.3 Å². The molecule has 0 bridgehead atoms. The lowest BCUT2D eigenvalue weighted by atomic mass is 9.86. The zero-order valence-electron chi connectivity index (χ0n) is 17.7. The van der Waals surface area contributed by atoms with E-state index in [1.54, 1.807) is 18.2 Å². The van der Waals surface area contributed by atoms with E-state index in [0.717, 1.165) is 27.4 Å². The summed E-state index contributed by atoms with van der Waals surface area (Å²) in [5, 5.41) is 2.73. The molecule has 1 N–H and O–H groups in total. The van der Waals surface area contributed by atoms with E-state index in [1.165, 1.54) is 0 Å². The minimum atomic E-state index is -3.58. The van der Waals surface area contributed by atoms with Crippen molar-refractivity contribution in [2.24, 2.45) is 0 Å². The Morgan fingerprint density at radius 1 is 1.10 bits per heavy atom. The van der Waals surface area contributed by atoms with Gasteiger partial charge in [-0.15, -0.1) is 0 Å². The molecule has 0 saturated carbocycles. The number of carbonyl (C=O) groups is 1. The van der Waals surface area contributed by atoms with Crippen molar-refractivity contribution in [3.8, 4) is 5.75 Å². The van der Waals surface area contributed by atoms with Gasteiger partial charge in [0.2, 0.25) is 15.9 Å². The summed E-state index contributed by atoms with van der Waals surface area (Å²) in [6, 6.07) is 14.9. The monoisotopic (exact) mass is 418 g/mol. The average Bonchev–Trinajstić information content (AvgIpc) is 2.62. The molecule has 0 radical (unpaired) electrons. The van der Waals surface area contributed by atoms with Crippen molar-refractivity contribution >= 4 is 21.6 Å². The van der Waals surface area contributed by atoms with Crippen molar-refractivity contribution in [1.82, 2.24) is 5.32 Å². The van der Waals surface area contributed by atoms with Crippen LogP contribution in [0.3, 0.4) is 0 Å². The lowest BCUT2D eigenvalue weighted by molar-refractivity contribution is -0.119. The average molecular weight is 419 g/mol. The molecule has 2 aromatic rings. The predicted octanol–water partition coefficient (Wildman–Crippen LogP) is 3.25. The van der Waals surface area contributed by atoms with Crippen LogP contribution < -0.4 is 14.4 Å². The van der Waals surface area contributed by atoms with E-state index in [2.05, 4.69) is 26.1 Å². The van der Waals surface area contributed by atoms with Crippen LogP contribution in [-0.4, -0.2) is 40.3 Å². The highest BCUT2D eigenvalue weighted by molar-refractivity contribution is 7.92. The Kier molecular flexibility index (Phi) is 7.30. The molecule has 0 aliphatic rings. The number of nitrogens with zero attached hydrogens (tertiary/aromatic N) is 1. The minimum absolute atomic E-state index is 0.0519. The zero-order chi connectivity index (χ0) is 21.7. The van der Waals surface area contributed by atoms with Gasteiger partial charge >= 0.3 is 0 Å². The van der Waals surface area contributed by atoms with Crippen LogP contribution in [0.25, 0.3) is 0 Å². The Hall–Kier alpha value is -2.54. The normalized spacial score (nSPS) is 11.8. The van der Waals surface area contributed by atoms with Gasteiger partial charge in [0, 0.05) is 0 Å². The van der Waals surface area contributed by atoms with E-state index in [-0.39, 0.29) is 24.4 Å². The molecule has 7 heteroatoms. The van der Waals surface area contributed by atoms with Gasteiger partial charge in [-0.25, -0.2) is 8.42 Å². The molecule has 0 unspecified atom stereocenters. The van der Waals surface area contributed by atoms with Crippen molar-refractivity contribution in [3.05, 3.63) is 59.7 Å². The van der Waals surface area contributed by atoms with E-state index in [9.17, 15) is 13.2 Å². The third-order valence-corrected chi connectivity index (χ3v) is 5.49. The fourth-order valence-electron chi connectivity index (χ4n) is 2.93. The van der Waals surface area contributed by atoms with Crippen LogP contribution in [0.2, 0.25) is 0 Å². The van der Waals surface area contributed by atoms with E-state index >= 15 is 0 Å². The van der Waals surface area contributed by atoms with Crippen LogP contribution in [0.1, 0.15) is 31.9 Å². The van der Waals surface area contributed by atoms with Crippen LogP contribution in [0, 0.1) is 6.92 Å². The summed E-state index contributed by atoms with van der Waals surface area (Å²) in [4.78, 5) is 12.3. The number of carbonyl (C=O) groups excluding carboxylic acids is 1. The van der Waals surface area contributed by atoms with Crippen molar-refractivity contribution in [3.63, 3.8) is 0 Å². The molecule has 29 heavy (non-hydrogen) atoms. The van der Waals surface area contributed by atoms with Crippen molar-refractivity contribution in [2.45, 2.75) is 33.1 Å². The second-order valence-electron chi connectivity index (χ2n) is 8.05. The van der Waals surface area contributed by atoms with Crippen molar-refractivity contribution < 1.29 is 17.9 Å². The summed E-state index contributed by atoms with van der Waals surface area (Å²) < 4.78 is 31.2. The lowest BCUT2D eigenvalue weighted by Crippen LogP contribution is -2.41. The molecule has 0 spiro atoms. The van der Waals surface area contributed by atoms with Gasteiger partial charge < -0.3 is 10.1 Å². The fraction of sp³-hybridized carbons (Fsp3) is 0.409. The van der Waals surface area contributed by atoms with Crippen LogP contribution in [-0.2, 0) is 20.2 Å². The Bertz CT molecular complexity index is 949. The van der Waals surface area contributed by atoms with Crippen LogP contribution >= 0.6 is 0 Å². The van der Waals surface area contributed by atoms with E-state index in [0.29, 0.717) is 12.3 Å². The number of rotatable bonds is 8. The van der Waals surface area contributed by atoms with Gasteiger partial charge in [-0.1, -0.05) is 51.1 Å². The Morgan fingerprint density at radius 2 is 1.79 bits per heavy atom. The van der Waals surface area contributed by atoms with Gasteiger partial charge in [-0.2, -0.15) is 0 Å². The lowest BCUT2D eigenvalue weighted by Gasteiger charge is -2.23. The number of para-hydroxylation sites is 1. The molecule has 0 fully saturated rings. The number of aryl methyl sites for hydroxylation is 1. The van der Waals surface area contributed by atoms with E-state index in [1.807, 2.05) is 37.3 Å². The molecule has 2 aromatic carbocycles. The van der Waals surface area contributed by atoms with Gasteiger partial charge in [0.25, 0.3) is 0 Å².